The quantitative estimate of drug-likeness (QED) is 0.148. The lowest BCUT2D eigenvalue weighted by atomic mass is 9.79. The Morgan fingerprint density at radius 3 is 2.39 bits per heavy atom. The maximum absolute atomic E-state index is 14.2. The first-order chi connectivity index (χ1) is 24.1. The minimum absolute atomic E-state index is 0.00579. The normalized spacial score (nSPS) is 19.6. The average Bonchev–Trinajstić information content (AvgIpc) is 3.40. The van der Waals surface area contributed by atoms with Gasteiger partial charge in [-0.15, -0.1) is 0 Å². The molecule has 5 atom stereocenters. The number of carbonyl (C=O) groups excluding carboxylic acids is 4. The van der Waals surface area contributed by atoms with Gasteiger partial charge in [0.1, 0.15) is 30.7 Å². The minimum atomic E-state index is -1.84. The van der Waals surface area contributed by atoms with E-state index in [1.165, 1.54) is 0 Å². The highest BCUT2D eigenvalue weighted by Crippen LogP contribution is 2.38. The number of ketones is 1. The molecule has 3 aromatic rings. The van der Waals surface area contributed by atoms with Crippen LogP contribution in [0.3, 0.4) is 0 Å². The van der Waals surface area contributed by atoms with Crippen molar-refractivity contribution in [3.8, 4) is 5.75 Å². The Morgan fingerprint density at radius 1 is 1.04 bits per heavy atom. The van der Waals surface area contributed by atoms with Crippen molar-refractivity contribution in [2.24, 2.45) is 5.92 Å². The van der Waals surface area contributed by atoms with Crippen molar-refractivity contribution in [2.75, 3.05) is 6.61 Å². The van der Waals surface area contributed by atoms with Crippen LogP contribution in [-0.4, -0.2) is 63.8 Å². The number of halogens is 4. The highest BCUT2D eigenvalue weighted by atomic mass is 19.2. The number of aryl methyl sites for hydroxylation is 1. The minimum Gasteiger partial charge on any atom is -0.485 e. The molecule has 1 aliphatic carbocycles. The van der Waals surface area contributed by atoms with Gasteiger partial charge >= 0.3 is 12.1 Å². The lowest BCUT2D eigenvalue weighted by molar-refractivity contribution is -0.156. The number of amides is 2. The fraction of sp³-hybridized carbons (Fsp3) is 0.444. The van der Waals surface area contributed by atoms with Gasteiger partial charge in [0, 0.05) is 37.0 Å². The van der Waals surface area contributed by atoms with Crippen molar-refractivity contribution in [3.05, 3.63) is 88.8 Å². The maximum atomic E-state index is 14.2. The summed E-state index contributed by atoms with van der Waals surface area (Å²) in [5.41, 5.74) is 1.40. The predicted molar refractivity (Wildman–Crippen MR) is 172 cm³/mol. The molecule has 0 fully saturated rings. The number of benzene rings is 2. The Labute approximate surface area is 291 Å². The van der Waals surface area contributed by atoms with Crippen molar-refractivity contribution >= 4 is 23.8 Å². The van der Waals surface area contributed by atoms with E-state index in [-0.39, 0.29) is 31.4 Å². The van der Waals surface area contributed by atoms with Gasteiger partial charge in [-0.05, 0) is 50.8 Å². The fourth-order valence-corrected chi connectivity index (χ4v) is 6.35. The molecule has 0 saturated carbocycles. The first-order valence-corrected chi connectivity index (χ1v) is 16.4. The second-order valence-corrected chi connectivity index (χ2v) is 13.7. The number of alkyl carbamates (subject to hydrolysis) is 1. The molecule has 1 aliphatic heterocycles. The van der Waals surface area contributed by atoms with Crippen LogP contribution >= 0.6 is 0 Å². The van der Waals surface area contributed by atoms with Gasteiger partial charge in [0.2, 0.25) is 17.5 Å². The van der Waals surface area contributed by atoms with E-state index in [0.717, 1.165) is 11.1 Å². The van der Waals surface area contributed by atoms with Gasteiger partial charge in [0.25, 0.3) is 0 Å². The molecule has 2 amide bonds. The molecule has 0 spiro atoms. The summed E-state index contributed by atoms with van der Waals surface area (Å²) in [5.74, 6) is -12.3. The molecule has 274 valence electrons. The van der Waals surface area contributed by atoms with Crippen LogP contribution in [0.4, 0.5) is 22.4 Å². The van der Waals surface area contributed by atoms with Crippen LogP contribution in [0.1, 0.15) is 62.8 Å². The molecule has 0 saturated heterocycles. The van der Waals surface area contributed by atoms with Crippen LogP contribution in [0, 0.1) is 29.2 Å². The molecule has 5 unspecified atom stereocenters. The smallest absolute Gasteiger partial charge is 0.407 e. The summed E-state index contributed by atoms with van der Waals surface area (Å²) in [6, 6.07) is 8.83. The maximum Gasteiger partial charge on any atom is 0.407 e. The highest BCUT2D eigenvalue weighted by molar-refractivity contribution is 5.92. The SMILES string of the molecule is CC(C)(C)OC(=O)CC(NC(=O)C1CC(=O)C2c3c(ccn3C1)CCC2NC(=O)OCc1ccccc1)C(O)COc1c(F)c(F)cc(F)c1F. The molecule has 5 rings (SSSR count). The number of aliphatic hydroxyl groups excluding tert-OH is 1. The van der Waals surface area contributed by atoms with Gasteiger partial charge in [0.15, 0.2) is 17.4 Å². The number of hydrogen-bond acceptors (Lipinski definition) is 8. The van der Waals surface area contributed by atoms with E-state index < -0.39 is 95.6 Å². The lowest BCUT2D eigenvalue weighted by Crippen LogP contribution is -2.50. The van der Waals surface area contributed by atoms with Gasteiger partial charge in [-0.2, -0.15) is 8.78 Å². The third-order valence-electron chi connectivity index (χ3n) is 8.68. The van der Waals surface area contributed by atoms with E-state index in [9.17, 15) is 41.8 Å². The van der Waals surface area contributed by atoms with Gasteiger partial charge in [-0.25, -0.2) is 13.6 Å². The Kier molecular flexibility index (Phi) is 11.4. The molecular weight excluding hydrogens is 678 g/mol. The first-order valence-electron chi connectivity index (χ1n) is 16.4. The van der Waals surface area contributed by atoms with E-state index >= 15 is 0 Å². The Morgan fingerprint density at radius 2 is 1.73 bits per heavy atom. The number of ether oxygens (including phenoxy) is 3. The third kappa shape index (κ3) is 9.06. The van der Waals surface area contributed by atoms with Crippen molar-refractivity contribution in [2.45, 2.75) is 89.3 Å². The van der Waals surface area contributed by atoms with Crippen molar-refractivity contribution in [1.29, 1.82) is 0 Å². The number of rotatable bonds is 11. The summed E-state index contributed by atoms with van der Waals surface area (Å²) in [7, 11) is 0. The Balaban J connectivity index is 1.30. The van der Waals surface area contributed by atoms with Crippen LogP contribution in [0.5, 0.6) is 5.75 Å². The van der Waals surface area contributed by atoms with E-state index in [2.05, 4.69) is 10.6 Å². The zero-order chi connectivity index (χ0) is 37.0. The van der Waals surface area contributed by atoms with E-state index in [1.54, 1.807) is 31.5 Å². The summed E-state index contributed by atoms with van der Waals surface area (Å²) in [4.78, 5) is 53.2. The fourth-order valence-electron chi connectivity index (χ4n) is 6.35. The zero-order valence-electron chi connectivity index (χ0n) is 28.2. The number of aromatic nitrogens is 1. The molecule has 51 heavy (non-hydrogen) atoms. The molecule has 15 heteroatoms. The van der Waals surface area contributed by atoms with Crippen molar-refractivity contribution < 1.29 is 56.1 Å². The molecule has 1 aromatic heterocycles. The van der Waals surface area contributed by atoms with Crippen LogP contribution < -0.4 is 15.4 Å². The van der Waals surface area contributed by atoms with Crippen molar-refractivity contribution in [1.82, 2.24) is 15.2 Å². The molecule has 3 N–H and O–H groups in total. The summed E-state index contributed by atoms with van der Waals surface area (Å²) >= 11 is 0. The van der Waals surface area contributed by atoms with E-state index in [0.29, 0.717) is 18.5 Å². The number of carbonyl (C=O) groups is 4. The molecular formula is C36H39F4N3O8. The van der Waals surface area contributed by atoms with Gasteiger partial charge in [0.05, 0.1) is 24.3 Å². The third-order valence-corrected chi connectivity index (χ3v) is 8.68. The second-order valence-electron chi connectivity index (χ2n) is 13.7. The Hall–Kier alpha value is -4.92. The van der Waals surface area contributed by atoms with Crippen LogP contribution in [0.25, 0.3) is 0 Å². The zero-order valence-corrected chi connectivity index (χ0v) is 28.2. The Bertz CT molecular complexity index is 1750. The first kappa shape index (κ1) is 37.3. The molecule has 0 radical (unpaired) electrons. The number of hydrogen-bond donors (Lipinski definition) is 3. The lowest BCUT2D eigenvalue weighted by Gasteiger charge is -2.31. The number of nitrogens with zero attached hydrogens (tertiary/aromatic N) is 1. The summed E-state index contributed by atoms with van der Waals surface area (Å²) in [6.45, 7) is 3.86. The predicted octanol–water partition coefficient (Wildman–Crippen LogP) is 4.61. The molecule has 2 aliphatic rings. The highest BCUT2D eigenvalue weighted by Gasteiger charge is 2.43. The average molecular weight is 718 g/mol. The molecule has 2 aromatic carbocycles. The standard InChI is InChI=1S/C36H39F4N3O8/c1-36(2,3)51-28(46)15-25(27(45)18-49-33-30(39)22(37)14-23(38)31(33)40)41-34(47)21-13-26(44)29-24(10-9-20-11-12-43(16-21)32(20)29)42-35(48)50-17-19-7-5-4-6-8-19/h4-8,11-12,14,21,24-25,27,29,45H,9-10,13,15-18H2,1-3H3,(H,41,47)(H,42,48). The molecule has 2 heterocycles. The second kappa shape index (κ2) is 15.5. The molecule has 0 bridgehead atoms. The number of nitrogens with one attached hydrogen (secondary N) is 2. The van der Waals surface area contributed by atoms with E-state index in [4.69, 9.17) is 14.2 Å². The summed E-state index contributed by atoms with van der Waals surface area (Å²) < 4.78 is 73.3. The van der Waals surface area contributed by atoms with Crippen LogP contribution in [0.15, 0.2) is 48.7 Å². The van der Waals surface area contributed by atoms with Crippen LogP contribution in [0.2, 0.25) is 0 Å². The summed E-state index contributed by atoms with van der Waals surface area (Å²) in [5, 5.41) is 16.3. The van der Waals surface area contributed by atoms with Crippen LogP contribution in [-0.2, 0) is 43.4 Å². The molecule has 11 nitrogen and oxygen atoms in total. The van der Waals surface area contributed by atoms with Crippen molar-refractivity contribution in [3.63, 3.8) is 0 Å². The number of esters is 1. The van der Waals surface area contributed by atoms with Gasteiger partial charge in [-0.1, -0.05) is 30.3 Å². The largest absolute Gasteiger partial charge is 0.485 e. The van der Waals surface area contributed by atoms with E-state index in [1.807, 2.05) is 36.4 Å². The topological polar surface area (TPSA) is 145 Å². The monoisotopic (exact) mass is 717 g/mol. The summed E-state index contributed by atoms with van der Waals surface area (Å²) in [6.07, 6.45) is -0.673. The van der Waals surface area contributed by atoms with Gasteiger partial charge in [-0.3, -0.25) is 14.4 Å². The van der Waals surface area contributed by atoms with Gasteiger partial charge < -0.3 is 34.5 Å². The number of aliphatic hydroxyl groups is 1. The number of Topliss-reactive ketones (excluding diaryl/α,β-unsaturated/α-hetero) is 1.